The smallest absolute Gasteiger partial charge is 0.399 e. The Hall–Kier alpha value is -2.37. The topological polar surface area (TPSA) is 64.1 Å². The van der Waals surface area contributed by atoms with Gasteiger partial charge < -0.3 is 16.8 Å². The molecule has 0 saturated heterocycles. The third-order valence-corrected chi connectivity index (χ3v) is 3.30. The molecule has 0 radical (unpaired) electrons. The fourth-order valence-electron chi connectivity index (χ4n) is 2.22. The predicted octanol–water partition coefficient (Wildman–Crippen LogP) is 4.74. The van der Waals surface area contributed by atoms with Crippen LogP contribution in [0.4, 0.5) is 35.9 Å². The summed E-state index contributed by atoms with van der Waals surface area (Å²) in [5.41, 5.74) is 12.2. The Morgan fingerprint density at radius 1 is 0.955 bits per heavy atom. The highest BCUT2D eigenvalue weighted by atomic mass is 19.4. The highest BCUT2D eigenvalue weighted by Gasteiger charge is 2.35. The molecule has 0 unspecified atom stereocenters. The van der Waals surface area contributed by atoms with Gasteiger partial charge in [0.25, 0.3) is 0 Å². The fourth-order valence-corrected chi connectivity index (χ4v) is 2.22. The van der Waals surface area contributed by atoms with Crippen LogP contribution in [-0.2, 0) is 6.18 Å². The number of nitrogens with two attached hydrogens (primary N) is 2. The summed E-state index contributed by atoms with van der Waals surface area (Å²) >= 11 is 0. The molecule has 3 nitrogen and oxygen atoms in total. The molecule has 22 heavy (non-hydrogen) atoms. The van der Waals surface area contributed by atoms with Gasteiger partial charge in [-0.25, -0.2) is 0 Å². The first-order valence-corrected chi connectivity index (χ1v) is 6.81. The van der Waals surface area contributed by atoms with Gasteiger partial charge in [-0.15, -0.1) is 0 Å². The van der Waals surface area contributed by atoms with Gasteiger partial charge in [0.15, 0.2) is 0 Å². The van der Waals surface area contributed by atoms with Gasteiger partial charge in [-0.3, -0.25) is 0 Å². The number of rotatable bonds is 3. The Morgan fingerprint density at radius 2 is 1.55 bits per heavy atom. The Bertz CT molecular complexity index is 662. The van der Waals surface area contributed by atoms with E-state index in [0.717, 1.165) is 6.07 Å². The highest BCUT2D eigenvalue weighted by molar-refractivity contribution is 5.72. The maximum Gasteiger partial charge on any atom is 0.418 e. The standard InChI is InChI=1S/C16H18F3N3/c1-9(2)13-7-11(21)8-14(16(17,18)19)15(13)22-12-5-3-10(20)4-6-12/h3-9,22H,20-21H2,1-2H3. The van der Waals surface area contributed by atoms with Crippen molar-refractivity contribution in [3.8, 4) is 0 Å². The molecule has 118 valence electrons. The summed E-state index contributed by atoms with van der Waals surface area (Å²) in [5.74, 6) is -0.110. The molecule has 0 amide bonds. The van der Waals surface area contributed by atoms with E-state index < -0.39 is 11.7 Å². The Balaban J connectivity index is 2.58. The molecule has 0 aliphatic heterocycles. The van der Waals surface area contributed by atoms with Gasteiger partial charge >= 0.3 is 6.18 Å². The summed E-state index contributed by atoms with van der Waals surface area (Å²) in [7, 11) is 0. The minimum absolute atomic E-state index is 0.0291. The molecule has 0 aliphatic rings. The van der Waals surface area contributed by atoms with E-state index in [1.165, 1.54) is 0 Å². The molecule has 0 spiro atoms. The van der Waals surface area contributed by atoms with E-state index in [2.05, 4.69) is 5.32 Å². The third kappa shape index (κ3) is 3.44. The van der Waals surface area contributed by atoms with Crippen LogP contribution >= 0.6 is 0 Å². The summed E-state index contributed by atoms with van der Waals surface area (Å²) in [5, 5.41) is 2.85. The Kier molecular flexibility index (Phi) is 4.21. The van der Waals surface area contributed by atoms with Gasteiger partial charge in [0.05, 0.1) is 11.3 Å². The van der Waals surface area contributed by atoms with Crippen molar-refractivity contribution in [2.24, 2.45) is 0 Å². The molecule has 2 aromatic rings. The fraction of sp³-hybridized carbons (Fsp3) is 0.250. The van der Waals surface area contributed by atoms with Crippen LogP contribution in [0.1, 0.15) is 30.9 Å². The number of hydrogen-bond donors (Lipinski definition) is 3. The van der Waals surface area contributed by atoms with Crippen molar-refractivity contribution in [1.29, 1.82) is 0 Å². The van der Waals surface area contributed by atoms with Gasteiger partial charge in [0.2, 0.25) is 0 Å². The van der Waals surface area contributed by atoms with E-state index in [0.29, 0.717) is 16.9 Å². The summed E-state index contributed by atoms with van der Waals surface area (Å²) < 4.78 is 40.0. The van der Waals surface area contributed by atoms with Crippen LogP contribution in [0.25, 0.3) is 0 Å². The number of nitrogens with one attached hydrogen (secondary N) is 1. The van der Waals surface area contributed by atoms with Crippen molar-refractivity contribution in [3.05, 3.63) is 47.5 Å². The number of halogens is 3. The van der Waals surface area contributed by atoms with Crippen molar-refractivity contribution in [2.75, 3.05) is 16.8 Å². The molecule has 5 N–H and O–H groups in total. The van der Waals surface area contributed by atoms with Crippen molar-refractivity contribution in [1.82, 2.24) is 0 Å². The number of anilines is 4. The van der Waals surface area contributed by atoms with Crippen molar-refractivity contribution in [3.63, 3.8) is 0 Å². The lowest BCUT2D eigenvalue weighted by Gasteiger charge is -2.21. The summed E-state index contributed by atoms with van der Waals surface area (Å²) in [6.45, 7) is 3.65. The lowest BCUT2D eigenvalue weighted by molar-refractivity contribution is -0.136. The molecule has 0 aliphatic carbocycles. The maximum atomic E-state index is 13.3. The van der Waals surface area contributed by atoms with Crippen LogP contribution in [0.2, 0.25) is 0 Å². The molecule has 0 atom stereocenters. The van der Waals surface area contributed by atoms with E-state index in [4.69, 9.17) is 11.5 Å². The van der Waals surface area contributed by atoms with Gasteiger partial charge in [0, 0.05) is 17.1 Å². The number of benzene rings is 2. The SMILES string of the molecule is CC(C)c1cc(N)cc(C(F)(F)F)c1Nc1ccc(N)cc1. The van der Waals surface area contributed by atoms with Gasteiger partial charge in [0.1, 0.15) is 0 Å². The maximum absolute atomic E-state index is 13.3. The minimum Gasteiger partial charge on any atom is -0.399 e. The zero-order valence-electron chi connectivity index (χ0n) is 12.3. The lowest BCUT2D eigenvalue weighted by atomic mass is 9.96. The minimum atomic E-state index is -4.49. The highest BCUT2D eigenvalue weighted by Crippen LogP contribution is 2.41. The average Bonchev–Trinajstić information content (AvgIpc) is 2.41. The first-order chi connectivity index (χ1) is 10.2. The molecule has 0 fully saturated rings. The monoisotopic (exact) mass is 309 g/mol. The third-order valence-electron chi connectivity index (χ3n) is 3.30. The molecule has 0 saturated carbocycles. The summed E-state index contributed by atoms with van der Waals surface area (Å²) in [6, 6.07) is 9.04. The van der Waals surface area contributed by atoms with Crippen LogP contribution < -0.4 is 16.8 Å². The molecular formula is C16H18F3N3. The molecule has 2 rings (SSSR count). The van der Waals surface area contributed by atoms with E-state index in [1.54, 1.807) is 30.3 Å². The van der Waals surface area contributed by atoms with Crippen molar-refractivity contribution >= 4 is 22.7 Å². The van der Waals surface area contributed by atoms with E-state index in [9.17, 15) is 13.2 Å². The quantitative estimate of drug-likeness (QED) is 0.718. The zero-order valence-corrected chi connectivity index (χ0v) is 12.3. The zero-order chi connectivity index (χ0) is 16.5. The van der Waals surface area contributed by atoms with Gasteiger partial charge in [-0.2, -0.15) is 13.2 Å². The number of hydrogen-bond acceptors (Lipinski definition) is 3. The first kappa shape index (κ1) is 16.0. The van der Waals surface area contributed by atoms with Crippen LogP contribution in [0.5, 0.6) is 0 Å². The Morgan fingerprint density at radius 3 is 2.05 bits per heavy atom. The van der Waals surface area contributed by atoms with Crippen molar-refractivity contribution in [2.45, 2.75) is 25.9 Å². The molecule has 0 heterocycles. The normalized spacial score (nSPS) is 11.7. The average molecular weight is 309 g/mol. The van der Waals surface area contributed by atoms with Crippen LogP contribution in [0, 0.1) is 0 Å². The summed E-state index contributed by atoms with van der Waals surface area (Å²) in [4.78, 5) is 0. The number of nitrogen functional groups attached to an aromatic ring is 2. The van der Waals surface area contributed by atoms with Crippen LogP contribution in [0.15, 0.2) is 36.4 Å². The molecule has 0 bridgehead atoms. The van der Waals surface area contributed by atoms with Crippen molar-refractivity contribution < 1.29 is 13.2 Å². The van der Waals surface area contributed by atoms with Crippen LogP contribution in [0.3, 0.4) is 0 Å². The molecular weight excluding hydrogens is 291 g/mol. The van der Waals surface area contributed by atoms with E-state index >= 15 is 0 Å². The first-order valence-electron chi connectivity index (χ1n) is 6.81. The van der Waals surface area contributed by atoms with Gasteiger partial charge in [-0.05, 0) is 47.9 Å². The van der Waals surface area contributed by atoms with Crippen LogP contribution in [-0.4, -0.2) is 0 Å². The number of alkyl halides is 3. The Labute approximate surface area is 127 Å². The summed E-state index contributed by atoms with van der Waals surface area (Å²) in [6.07, 6.45) is -4.49. The second-order valence-corrected chi connectivity index (χ2v) is 5.43. The molecule has 6 heteroatoms. The molecule has 0 aromatic heterocycles. The molecule has 2 aromatic carbocycles. The lowest BCUT2D eigenvalue weighted by Crippen LogP contribution is -2.12. The second kappa shape index (κ2) is 5.79. The van der Waals surface area contributed by atoms with E-state index in [1.807, 2.05) is 13.8 Å². The van der Waals surface area contributed by atoms with E-state index in [-0.39, 0.29) is 17.3 Å². The second-order valence-electron chi connectivity index (χ2n) is 5.43. The van der Waals surface area contributed by atoms with Gasteiger partial charge in [-0.1, -0.05) is 13.8 Å². The predicted molar refractivity (Wildman–Crippen MR) is 84.1 cm³/mol. The largest absolute Gasteiger partial charge is 0.418 e.